The zero-order valence-corrected chi connectivity index (χ0v) is 16.6. The van der Waals surface area contributed by atoms with Crippen LogP contribution in [0.4, 0.5) is 5.69 Å². The van der Waals surface area contributed by atoms with E-state index < -0.39 is 11.9 Å². The van der Waals surface area contributed by atoms with Crippen molar-refractivity contribution in [1.29, 1.82) is 0 Å². The minimum atomic E-state index is -1.05. The lowest BCUT2D eigenvalue weighted by atomic mass is 10.1. The van der Waals surface area contributed by atoms with Crippen LogP contribution in [-0.4, -0.2) is 43.4 Å². The van der Waals surface area contributed by atoms with E-state index in [2.05, 4.69) is 10.6 Å². The van der Waals surface area contributed by atoms with E-state index in [9.17, 15) is 14.7 Å². The van der Waals surface area contributed by atoms with Crippen molar-refractivity contribution < 1.29 is 28.9 Å². The van der Waals surface area contributed by atoms with E-state index in [1.165, 1.54) is 39.5 Å². The molecule has 3 N–H and O–H groups in total. The van der Waals surface area contributed by atoms with Crippen LogP contribution in [0, 0.1) is 6.92 Å². The molecule has 0 unspecified atom stereocenters. The Hall–Kier alpha value is -3.33. The molecule has 148 valence electrons. The molecule has 2 aromatic carbocycles. The fourth-order valence-electron chi connectivity index (χ4n) is 2.54. The number of ether oxygens (including phenoxy) is 3. The van der Waals surface area contributed by atoms with Crippen LogP contribution in [0.2, 0.25) is 0 Å². The fourth-order valence-corrected chi connectivity index (χ4v) is 2.75. The zero-order chi connectivity index (χ0) is 20.8. The van der Waals surface area contributed by atoms with E-state index in [4.69, 9.17) is 26.4 Å². The van der Waals surface area contributed by atoms with Crippen LogP contribution < -0.4 is 24.8 Å². The van der Waals surface area contributed by atoms with Crippen LogP contribution in [-0.2, 0) is 0 Å². The summed E-state index contributed by atoms with van der Waals surface area (Å²) in [7, 11) is 4.36. The van der Waals surface area contributed by atoms with Gasteiger partial charge in [0, 0.05) is 11.3 Å². The van der Waals surface area contributed by atoms with Crippen molar-refractivity contribution >= 4 is 34.9 Å². The number of carboxylic acid groups (broad SMARTS) is 1. The number of anilines is 1. The lowest BCUT2D eigenvalue weighted by Gasteiger charge is -2.15. The van der Waals surface area contributed by atoms with Gasteiger partial charge in [-0.3, -0.25) is 10.1 Å². The van der Waals surface area contributed by atoms with Crippen molar-refractivity contribution in [2.24, 2.45) is 0 Å². The number of nitrogens with one attached hydrogen (secondary N) is 2. The summed E-state index contributed by atoms with van der Waals surface area (Å²) in [5.41, 5.74) is 1.37. The highest BCUT2D eigenvalue weighted by Gasteiger charge is 2.18. The molecule has 0 spiro atoms. The van der Waals surface area contributed by atoms with E-state index in [-0.39, 0.29) is 16.2 Å². The predicted octanol–water partition coefficient (Wildman–Crippen LogP) is 2.85. The summed E-state index contributed by atoms with van der Waals surface area (Å²) in [5.74, 6) is -0.521. The first-order valence-electron chi connectivity index (χ1n) is 8.07. The molecule has 0 heterocycles. The standard InChI is InChI=1S/C19H20N2O6S/c1-10-12(18(23)24)6-5-7-13(10)20-19(28)21-17(22)11-8-14(25-2)16(27-4)15(9-11)26-3/h5-9H,1-4H3,(H,23,24)(H2,20,21,22,28). The molecule has 0 aliphatic carbocycles. The molecule has 0 aliphatic heterocycles. The van der Waals surface area contributed by atoms with Gasteiger partial charge in [0.15, 0.2) is 16.6 Å². The second-order valence-corrected chi connectivity index (χ2v) is 6.01. The number of rotatable bonds is 6. The summed E-state index contributed by atoms with van der Waals surface area (Å²) in [6.07, 6.45) is 0. The van der Waals surface area contributed by atoms with Crippen molar-refractivity contribution in [3.8, 4) is 17.2 Å². The maximum atomic E-state index is 12.6. The molecular formula is C19H20N2O6S. The monoisotopic (exact) mass is 404 g/mol. The Morgan fingerprint density at radius 2 is 1.64 bits per heavy atom. The lowest BCUT2D eigenvalue weighted by Crippen LogP contribution is -2.34. The van der Waals surface area contributed by atoms with Crippen molar-refractivity contribution in [3.05, 3.63) is 47.0 Å². The van der Waals surface area contributed by atoms with E-state index in [1.807, 2.05) is 0 Å². The van der Waals surface area contributed by atoms with Crippen LogP contribution in [0.25, 0.3) is 0 Å². The molecule has 0 saturated carbocycles. The highest BCUT2D eigenvalue weighted by molar-refractivity contribution is 7.80. The topological polar surface area (TPSA) is 106 Å². The number of amides is 1. The summed E-state index contributed by atoms with van der Waals surface area (Å²) in [6.45, 7) is 1.65. The number of carboxylic acids is 1. The van der Waals surface area contributed by atoms with Crippen molar-refractivity contribution in [2.75, 3.05) is 26.6 Å². The first-order chi connectivity index (χ1) is 13.3. The Morgan fingerprint density at radius 3 is 2.14 bits per heavy atom. The minimum absolute atomic E-state index is 0.0180. The molecule has 8 nitrogen and oxygen atoms in total. The van der Waals surface area contributed by atoms with Crippen LogP contribution in [0.3, 0.4) is 0 Å². The molecule has 1 amide bonds. The molecule has 2 rings (SSSR count). The highest BCUT2D eigenvalue weighted by Crippen LogP contribution is 2.38. The van der Waals surface area contributed by atoms with E-state index in [0.717, 1.165) is 0 Å². The van der Waals surface area contributed by atoms with Gasteiger partial charge in [-0.05, 0) is 49.0 Å². The molecule has 0 saturated heterocycles. The van der Waals surface area contributed by atoms with Gasteiger partial charge in [-0.1, -0.05) is 6.07 Å². The maximum absolute atomic E-state index is 12.6. The Morgan fingerprint density at radius 1 is 1.04 bits per heavy atom. The number of benzene rings is 2. The zero-order valence-electron chi connectivity index (χ0n) is 15.8. The molecule has 28 heavy (non-hydrogen) atoms. The van der Waals surface area contributed by atoms with Gasteiger partial charge < -0.3 is 24.6 Å². The van der Waals surface area contributed by atoms with Gasteiger partial charge in [-0.25, -0.2) is 4.79 Å². The van der Waals surface area contributed by atoms with Crippen molar-refractivity contribution in [3.63, 3.8) is 0 Å². The van der Waals surface area contributed by atoms with Gasteiger partial charge >= 0.3 is 5.97 Å². The van der Waals surface area contributed by atoms with Crippen molar-refractivity contribution in [1.82, 2.24) is 5.32 Å². The number of aromatic carboxylic acids is 1. The molecule has 0 bridgehead atoms. The predicted molar refractivity (Wildman–Crippen MR) is 108 cm³/mol. The normalized spacial score (nSPS) is 10.0. The van der Waals surface area contributed by atoms with E-state index in [1.54, 1.807) is 19.1 Å². The molecule has 9 heteroatoms. The third kappa shape index (κ3) is 4.49. The third-order valence-electron chi connectivity index (χ3n) is 3.97. The molecule has 0 atom stereocenters. The smallest absolute Gasteiger partial charge is 0.336 e. The summed E-state index contributed by atoms with van der Waals surface area (Å²) in [4.78, 5) is 23.8. The van der Waals surface area contributed by atoms with E-state index in [0.29, 0.717) is 28.5 Å². The Bertz CT molecular complexity index is 904. The van der Waals surface area contributed by atoms with Crippen molar-refractivity contribution in [2.45, 2.75) is 6.92 Å². The molecule has 0 fully saturated rings. The first-order valence-corrected chi connectivity index (χ1v) is 8.48. The van der Waals surface area contributed by atoms with Gasteiger partial charge in [0.2, 0.25) is 5.75 Å². The van der Waals surface area contributed by atoms with Gasteiger partial charge in [0.05, 0.1) is 26.9 Å². The molecule has 2 aromatic rings. The quantitative estimate of drug-likeness (QED) is 0.631. The lowest BCUT2D eigenvalue weighted by molar-refractivity contribution is 0.0696. The summed E-state index contributed by atoms with van der Waals surface area (Å²) < 4.78 is 15.7. The van der Waals surface area contributed by atoms with E-state index >= 15 is 0 Å². The maximum Gasteiger partial charge on any atom is 0.336 e. The number of hydrogen-bond donors (Lipinski definition) is 3. The first kappa shape index (κ1) is 21.0. The second-order valence-electron chi connectivity index (χ2n) is 5.61. The molecule has 0 aromatic heterocycles. The molecular weight excluding hydrogens is 384 g/mol. The van der Waals surface area contributed by atoms with Gasteiger partial charge in [0.25, 0.3) is 5.91 Å². The van der Waals surface area contributed by atoms with Gasteiger partial charge in [0.1, 0.15) is 0 Å². The van der Waals surface area contributed by atoms with Crippen LogP contribution in [0.5, 0.6) is 17.2 Å². The van der Waals surface area contributed by atoms with Crippen LogP contribution in [0.15, 0.2) is 30.3 Å². The van der Waals surface area contributed by atoms with Crippen LogP contribution >= 0.6 is 12.2 Å². The van der Waals surface area contributed by atoms with Gasteiger partial charge in [-0.15, -0.1) is 0 Å². The largest absolute Gasteiger partial charge is 0.493 e. The van der Waals surface area contributed by atoms with Crippen LogP contribution in [0.1, 0.15) is 26.3 Å². The average Bonchev–Trinajstić information content (AvgIpc) is 2.67. The average molecular weight is 404 g/mol. The number of hydrogen-bond acceptors (Lipinski definition) is 6. The number of thiocarbonyl (C=S) groups is 1. The number of carbonyl (C=O) groups excluding carboxylic acids is 1. The fraction of sp³-hybridized carbons (Fsp3) is 0.211. The Labute approximate surface area is 167 Å². The third-order valence-corrected chi connectivity index (χ3v) is 4.17. The Balaban J connectivity index is 2.20. The van der Waals surface area contributed by atoms with Gasteiger partial charge in [-0.2, -0.15) is 0 Å². The summed E-state index contributed by atoms with van der Waals surface area (Å²) in [5, 5.41) is 14.6. The molecule has 0 aliphatic rings. The SMILES string of the molecule is COc1cc(C(=O)NC(=S)Nc2cccc(C(=O)O)c2C)cc(OC)c1OC. The summed E-state index contributed by atoms with van der Waals surface area (Å²) in [6, 6.07) is 7.73. The summed E-state index contributed by atoms with van der Waals surface area (Å²) >= 11 is 5.17. The Kier molecular flexibility index (Phi) is 6.78. The number of carbonyl (C=O) groups is 2. The minimum Gasteiger partial charge on any atom is -0.493 e. The highest BCUT2D eigenvalue weighted by atomic mass is 32.1. The second kappa shape index (κ2) is 9.05. The number of methoxy groups -OCH3 is 3. The molecule has 0 radical (unpaired) electrons.